The van der Waals surface area contributed by atoms with Crippen molar-refractivity contribution >= 4 is 16.6 Å². The van der Waals surface area contributed by atoms with E-state index < -0.39 is 0 Å². The van der Waals surface area contributed by atoms with Crippen molar-refractivity contribution in [3.8, 4) is 0 Å². The number of nitrogen functional groups attached to an aromatic ring is 1. The Bertz CT molecular complexity index is 521. The van der Waals surface area contributed by atoms with E-state index in [9.17, 15) is 4.39 Å². The van der Waals surface area contributed by atoms with E-state index in [4.69, 9.17) is 5.73 Å². The summed E-state index contributed by atoms with van der Waals surface area (Å²) in [5, 5.41) is 0.706. The van der Waals surface area contributed by atoms with Crippen molar-refractivity contribution in [2.24, 2.45) is 0 Å². The largest absolute Gasteiger partial charge is 0.398 e. The highest BCUT2D eigenvalue weighted by molar-refractivity contribution is 5.92. The number of rotatable bonds is 1. The molecular weight excluding hydrogens is 191 g/mol. The Labute approximate surface area is 87.9 Å². The third-order valence-corrected chi connectivity index (χ3v) is 2.65. The Kier molecular flexibility index (Phi) is 2.31. The third kappa shape index (κ3) is 1.54. The summed E-state index contributed by atoms with van der Waals surface area (Å²) in [6, 6.07) is 4.50. The van der Waals surface area contributed by atoms with Gasteiger partial charge in [-0.2, -0.15) is 0 Å². The van der Waals surface area contributed by atoms with E-state index in [1.807, 2.05) is 13.8 Å². The number of aryl methyl sites for hydroxylation is 1. The zero-order valence-corrected chi connectivity index (χ0v) is 8.84. The molecule has 2 N–H and O–H groups in total. The summed E-state index contributed by atoms with van der Waals surface area (Å²) in [5.41, 5.74) is 9.33. The van der Waals surface area contributed by atoms with Crippen molar-refractivity contribution < 1.29 is 4.39 Å². The van der Waals surface area contributed by atoms with Crippen LogP contribution in [0.2, 0.25) is 0 Å². The number of fused-ring (bicyclic) bond motifs is 1. The van der Waals surface area contributed by atoms with Gasteiger partial charge in [-0.15, -0.1) is 0 Å². The van der Waals surface area contributed by atoms with E-state index in [0.29, 0.717) is 11.1 Å². The zero-order valence-electron chi connectivity index (χ0n) is 8.84. The summed E-state index contributed by atoms with van der Waals surface area (Å²) >= 11 is 0. The van der Waals surface area contributed by atoms with E-state index in [1.54, 1.807) is 6.07 Å². The first kappa shape index (κ1) is 9.90. The summed E-state index contributed by atoms with van der Waals surface area (Å²) in [5.74, 6) is -0.276. The standard InChI is InChI=1S/C12H13FN2/c1-3-9-7(2)15-11-5-4-8(13)6-10(11)12(9)14/h4-6H,3H2,1-2H3,(H2,14,15). The molecule has 0 fully saturated rings. The molecule has 2 aromatic rings. The highest BCUT2D eigenvalue weighted by atomic mass is 19.1. The molecular formula is C12H13FN2. The maximum absolute atomic E-state index is 13.1. The minimum absolute atomic E-state index is 0.276. The number of hydrogen-bond acceptors (Lipinski definition) is 2. The summed E-state index contributed by atoms with van der Waals surface area (Å²) in [6.45, 7) is 3.95. The van der Waals surface area contributed by atoms with Gasteiger partial charge < -0.3 is 5.73 Å². The van der Waals surface area contributed by atoms with Gasteiger partial charge in [-0.05, 0) is 37.1 Å². The summed E-state index contributed by atoms with van der Waals surface area (Å²) in [4.78, 5) is 4.40. The van der Waals surface area contributed by atoms with Gasteiger partial charge in [0.1, 0.15) is 5.82 Å². The topological polar surface area (TPSA) is 38.9 Å². The second-order valence-corrected chi connectivity index (χ2v) is 3.60. The van der Waals surface area contributed by atoms with Crippen molar-refractivity contribution in [3.05, 3.63) is 35.3 Å². The van der Waals surface area contributed by atoms with E-state index in [1.165, 1.54) is 12.1 Å². The number of hydrogen-bond donors (Lipinski definition) is 1. The third-order valence-electron chi connectivity index (χ3n) is 2.65. The Morgan fingerprint density at radius 1 is 1.40 bits per heavy atom. The molecule has 3 heteroatoms. The second kappa shape index (κ2) is 3.50. The van der Waals surface area contributed by atoms with Gasteiger partial charge in [0.15, 0.2) is 0 Å². The predicted octanol–water partition coefficient (Wildman–Crippen LogP) is 2.83. The Morgan fingerprint density at radius 3 is 2.80 bits per heavy atom. The maximum atomic E-state index is 13.1. The van der Waals surface area contributed by atoms with Gasteiger partial charge in [-0.25, -0.2) is 4.39 Å². The molecule has 0 saturated heterocycles. The van der Waals surface area contributed by atoms with E-state index >= 15 is 0 Å². The maximum Gasteiger partial charge on any atom is 0.124 e. The van der Waals surface area contributed by atoms with Crippen LogP contribution in [0.4, 0.5) is 10.1 Å². The molecule has 0 spiro atoms. The molecule has 78 valence electrons. The van der Waals surface area contributed by atoms with Crippen LogP contribution in [0.3, 0.4) is 0 Å². The molecule has 0 bridgehead atoms. The molecule has 0 radical (unpaired) electrons. The number of anilines is 1. The molecule has 0 atom stereocenters. The van der Waals surface area contributed by atoms with Gasteiger partial charge in [-0.3, -0.25) is 4.98 Å². The number of benzene rings is 1. The summed E-state index contributed by atoms with van der Waals surface area (Å²) < 4.78 is 13.1. The molecule has 0 amide bonds. The average molecular weight is 204 g/mol. The molecule has 0 saturated carbocycles. The Morgan fingerprint density at radius 2 is 2.13 bits per heavy atom. The van der Waals surface area contributed by atoms with Crippen LogP contribution in [0.5, 0.6) is 0 Å². The first-order valence-electron chi connectivity index (χ1n) is 4.97. The zero-order chi connectivity index (χ0) is 11.0. The quantitative estimate of drug-likeness (QED) is 0.775. The fraction of sp³-hybridized carbons (Fsp3) is 0.250. The summed E-state index contributed by atoms with van der Waals surface area (Å²) in [6.07, 6.45) is 0.817. The van der Waals surface area contributed by atoms with Crippen LogP contribution in [0.1, 0.15) is 18.2 Å². The van der Waals surface area contributed by atoms with Gasteiger partial charge >= 0.3 is 0 Å². The number of nitrogens with two attached hydrogens (primary N) is 1. The Hall–Kier alpha value is -1.64. The first-order valence-corrected chi connectivity index (χ1v) is 4.97. The second-order valence-electron chi connectivity index (χ2n) is 3.60. The van der Waals surface area contributed by atoms with Crippen molar-refractivity contribution in [1.82, 2.24) is 4.98 Å². The predicted molar refractivity (Wildman–Crippen MR) is 60.2 cm³/mol. The van der Waals surface area contributed by atoms with Crippen molar-refractivity contribution in [3.63, 3.8) is 0 Å². The SMILES string of the molecule is CCc1c(C)nc2ccc(F)cc2c1N. The van der Waals surface area contributed by atoms with Crippen LogP contribution in [0.15, 0.2) is 18.2 Å². The van der Waals surface area contributed by atoms with Gasteiger partial charge in [0.25, 0.3) is 0 Å². The lowest BCUT2D eigenvalue weighted by Crippen LogP contribution is -2.00. The minimum Gasteiger partial charge on any atom is -0.398 e. The smallest absolute Gasteiger partial charge is 0.124 e. The molecule has 1 aromatic carbocycles. The van der Waals surface area contributed by atoms with Crippen molar-refractivity contribution in [2.45, 2.75) is 20.3 Å². The van der Waals surface area contributed by atoms with E-state index in [-0.39, 0.29) is 5.82 Å². The molecule has 1 heterocycles. The molecule has 2 nitrogen and oxygen atoms in total. The highest BCUT2D eigenvalue weighted by Gasteiger charge is 2.08. The van der Waals surface area contributed by atoms with Crippen LogP contribution in [0, 0.1) is 12.7 Å². The lowest BCUT2D eigenvalue weighted by atomic mass is 10.0. The number of nitrogens with zero attached hydrogens (tertiary/aromatic N) is 1. The molecule has 1 aromatic heterocycles. The van der Waals surface area contributed by atoms with Crippen LogP contribution >= 0.6 is 0 Å². The van der Waals surface area contributed by atoms with Crippen LogP contribution in [-0.2, 0) is 6.42 Å². The molecule has 0 aliphatic heterocycles. The normalized spacial score (nSPS) is 10.9. The van der Waals surface area contributed by atoms with Crippen LogP contribution in [-0.4, -0.2) is 4.98 Å². The minimum atomic E-state index is -0.276. The lowest BCUT2D eigenvalue weighted by Gasteiger charge is -2.10. The molecule has 0 unspecified atom stereocenters. The number of halogens is 1. The van der Waals surface area contributed by atoms with E-state index in [2.05, 4.69) is 4.98 Å². The monoisotopic (exact) mass is 204 g/mol. The number of aromatic nitrogens is 1. The molecule has 2 rings (SSSR count). The molecule has 0 aliphatic carbocycles. The van der Waals surface area contributed by atoms with Crippen molar-refractivity contribution in [2.75, 3.05) is 5.73 Å². The lowest BCUT2D eigenvalue weighted by molar-refractivity contribution is 0.629. The van der Waals surface area contributed by atoms with Gasteiger partial charge in [0.2, 0.25) is 0 Å². The fourth-order valence-corrected chi connectivity index (χ4v) is 1.87. The highest BCUT2D eigenvalue weighted by Crippen LogP contribution is 2.26. The van der Waals surface area contributed by atoms with Gasteiger partial charge in [0, 0.05) is 16.8 Å². The summed E-state index contributed by atoms with van der Waals surface area (Å²) in [7, 11) is 0. The van der Waals surface area contributed by atoms with Gasteiger partial charge in [-0.1, -0.05) is 6.92 Å². The van der Waals surface area contributed by atoms with Crippen LogP contribution < -0.4 is 5.73 Å². The average Bonchev–Trinajstić information content (AvgIpc) is 2.20. The first-order chi connectivity index (χ1) is 7.13. The van der Waals surface area contributed by atoms with E-state index in [0.717, 1.165) is 23.2 Å². The number of pyridine rings is 1. The molecule has 0 aliphatic rings. The van der Waals surface area contributed by atoms with Gasteiger partial charge in [0.05, 0.1) is 5.52 Å². The Balaban J connectivity index is 2.86. The molecule has 15 heavy (non-hydrogen) atoms. The van der Waals surface area contributed by atoms with Crippen LogP contribution in [0.25, 0.3) is 10.9 Å². The van der Waals surface area contributed by atoms with Crippen molar-refractivity contribution in [1.29, 1.82) is 0 Å². The fourth-order valence-electron chi connectivity index (χ4n) is 1.87.